The summed E-state index contributed by atoms with van der Waals surface area (Å²) < 4.78 is 0. The number of nitrogens with one attached hydrogen (secondary N) is 1. The number of aliphatic hydroxyl groups excluding tert-OH is 1. The molecule has 1 amide bonds. The van der Waals surface area contributed by atoms with Gasteiger partial charge in [-0.15, -0.1) is 0 Å². The lowest BCUT2D eigenvalue weighted by Crippen LogP contribution is -2.34. The second-order valence-corrected chi connectivity index (χ2v) is 4.72. The van der Waals surface area contributed by atoms with E-state index in [9.17, 15) is 9.90 Å². The van der Waals surface area contributed by atoms with Crippen molar-refractivity contribution in [1.82, 2.24) is 5.32 Å². The van der Waals surface area contributed by atoms with Gasteiger partial charge in [-0.05, 0) is 24.5 Å². The van der Waals surface area contributed by atoms with Gasteiger partial charge in [0.1, 0.15) is 0 Å². The maximum atomic E-state index is 12.0. The molecular formula is C15H19NO2. The average molecular weight is 245 g/mol. The molecular weight excluding hydrogens is 226 g/mol. The number of fused-ring (bicyclic) bond motifs is 1. The lowest BCUT2D eigenvalue weighted by Gasteiger charge is -2.18. The van der Waals surface area contributed by atoms with Crippen LogP contribution in [0, 0.1) is 0 Å². The second-order valence-electron chi connectivity index (χ2n) is 4.72. The van der Waals surface area contributed by atoms with Gasteiger partial charge >= 0.3 is 0 Å². The first-order valence-corrected chi connectivity index (χ1v) is 6.37. The molecule has 1 aromatic rings. The fourth-order valence-electron chi connectivity index (χ4n) is 2.40. The second kappa shape index (κ2) is 5.36. The van der Waals surface area contributed by atoms with E-state index >= 15 is 0 Å². The Bertz CT molecular complexity index is 479. The molecule has 1 aromatic carbocycles. The molecule has 2 atom stereocenters. The summed E-state index contributed by atoms with van der Waals surface area (Å²) in [7, 11) is 0. The van der Waals surface area contributed by atoms with Gasteiger partial charge in [-0.2, -0.15) is 0 Å². The highest BCUT2D eigenvalue weighted by Gasteiger charge is 2.31. The Morgan fingerprint density at radius 2 is 2.22 bits per heavy atom. The first-order chi connectivity index (χ1) is 8.63. The Hall–Kier alpha value is -1.61. The van der Waals surface area contributed by atoms with Crippen molar-refractivity contribution in [3.8, 4) is 0 Å². The standard InChI is InChI=1S/C15H19NO2/c1-3-6-10(2)15(18)16-14-12-8-5-4-7-11(12)9-13(14)17/h4-8,13-14,17H,3,9H2,1-2H3,(H,16,18)/b10-6-/t13-,14+/m1/s1. The topological polar surface area (TPSA) is 49.3 Å². The molecule has 3 nitrogen and oxygen atoms in total. The smallest absolute Gasteiger partial charge is 0.247 e. The van der Waals surface area contributed by atoms with E-state index in [4.69, 9.17) is 0 Å². The van der Waals surface area contributed by atoms with Gasteiger partial charge in [-0.3, -0.25) is 4.79 Å². The van der Waals surface area contributed by atoms with Crippen molar-refractivity contribution in [3.63, 3.8) is 0 Å². The van der Waals surface area contributed by atoms with Crippen LogP contribution in [0.25, 0.3) is 0 Å². The first kappa shape index (κ1) is 12.8. The molecule has 0 saturated heterocycles. The van der Waals surface area contributed by atoms with E-state index in [1.807, 2.05) is 37.3 Å². The molecule has 1 aliphatic rings. The average Bonchev–Trinajstić information content (AvgIpc) is 2.66. The molecule has 0 spiro atoms. The number of hydrogen-bond acceptors (Lipinski definition) is 2. The van der Waals surface area contributed by atoms with Crippen LogP contribution >= 0.6 is 0 Å². The number of rotatable bonds is 3. The molecule has 1 aliphatic carbocycles. The van der Waals surface area contributed by atoms with Crippen LogP contribution in [-0.4, -0.2) is 17.1 Å². The van der Waals surface area contributed by atoms with Crippen LogP contribution in [0.5, 0.6) is 0 Å². The highest BCUT2D eigenvalue weighted by atomic mass is 16.3. The number of amides is 1. The summed E-state index contributed by atoms with van der Waals surface area (Å²) in [5.41, 5.74) is 2.85. The van der Waals surface area contributed by atoms with Gasteiger partial charge in [-0.1, -0.05) is 37.3 Å². The number of hydrogen-bond donors (Lipinski definition) is 2. The molecule has 2 rings (SSSR count). The molecule has 0 bridgehead atoms. The molecule has 0 aliphatic heterocycles. The fraction of sp³-hybridized carbons (Fsp3) is 0.400. The van der Waals surface area contributed by atoms with Gasteiger partial charge < -0.3 is 10.4 Å². The predicted octanol–water partition coefficient (Wildman–Crippen LogP) is 2.12. The Labute approximate surface area is 108 Å². The van der Waals surface area contributed by atoms with Crippen LogP contribution in [0.3, 0.4) is 0 Å². The van der Waals surface area contributed by atoms with Gasteiger partial charge in [0, 0.05) is 12.0 Å². The van der Waals surface area contributed by atoms with Crippen LogP contribution in [-0.2, 0) is 11.2 Å². The third kappa shape index (κ3) is 2.46. The minimum absolute atomic E-state index is 0.0994. The zero-order valence-corrected chi connectivity index (χ0v) is 10.8. The number of carbonyl (C=O) groups excluding carboxylic acids is 1. The third-order valence-corrected chi connectivity index (χ3v) is 3.36. The van der Waals surface area contributed by atoms with E-state index in [1.54, 1.807) is 6.92 Å². The van der Waals surface area contributed by atoms with Crippen molar-refractivity contribution >= 4 is 5.91 Å². The predicted molar refractivity (Wildman–Crippen MR) is 71.1 cm³/mol. The van der Waals surface area contributed by atoms with E-state index in [-0.39, 0.29) is 11.9 Å². The minimum atomic E-state index is -0.527. The summed E-state index contributed by atoms with van der Waals surface area (Å²) in [6.45, 7) is 3.79. The fourth-order valence-corrected chi connectivity index (χ4v) is 2.40. The van der Waals surface area contributed by atoms with Gasteiger partial charge in [0.15, 0.2) is 0 Å². The molecule has 18 heavy (non-hydrogen) atoms. The summed E-state index contributed by atoms with van der Waals surface area (Å²) in [4.78, 5) is 12.0. The Kier molecular flexibility index (Phi) is 3.82. The van der Waals surface area contributed by atoms with E-state index in [1.165, 1.54) is 0 Å². The third-order valence-electron chi connectivity index (χ3n) is 3.36. The van der Waals surface area contributed by atoms with Gasteiger partial charge in [0.05, 0.1) is 12.1 Å². The summed E-state index contributed by atoms with van der Waals surface area (Å²) >= 11 is 0. The molecule has 0 heterocycles. The number of carbonyl (C=O) groups is 1. The molecule has 96 valence electrons. The monoisotopic (exact) mass is 245 g/mol. The van der Waals surface area contributed by atoms with Gasteiger partial charge in [0.25, 0.3) is 0 Å². The summed E-state index contributed by atoms with van der Waals surface area (Å²) in [6, 6.07) is 7.58. The summed E-state index contributed by atoms with van der Waals surface area (Å²) in [5.74, 6) is -0.0994. The molecule has 2 N–H and O–H groups in total. The van der Waals surface area contributed by atoms with E-state index in [2.05, 4.69) is 5.32 Å². The largest absolute Gasteiger partial charge is 0.390 e. The molecule has 0 radical (unpaired) electrons. The SMILES string of the molecule is CC/C=C(/C)C(=O)N[C@H]1c2ccccc2C[C@H]1O. The van der Waals surface area contributed by atoms with Crippen molar-refractivity contribution < 1.29 is 9.90 Å². The van der Waals surface area contributed by atoms with Gasteiger partial charge in [0.2, 0.25) is 5.91 Å². The Morgan fingerprint density at radius 3 is 2.94 bits per heavy atom. The van der Waals surface area contributed by atoms with Crippen LogP contribution in [0.1, 0.15) is 37.4 Å². The van der Waals surface area contributed by atoms with Crippen molar-refractivity contribution in [3.05, 3.63) is 47.0 Å². The lowest BCUT2D eigenvalue weighted by atomic mass is 10.1. The maximum absolute atomic E-state index is 12.0. The van der Waals surface area contributed by atoms with Crippen LogP contribution in [0.15, 0.2) is 35.9 Å². The van der Waals surface area contributed by atoms with Crippen molar-refractivity contribution in [2.45, 2.75) is 38.8 Å². The maximum Gasteiger partial charge on any atom is 0.247 e. The number of benzene rings is 1. The first-order valence-electron chi connectivity index (χ1n) is 6.37. The van der Waals surface area contributed by atoms with Crippen LogP contribution in [0.2, 0.25) is 0 Å². The van der Waals surface area contributed by atoms with Crippen LogP contribution in [0.4, 0.5) is 0 Å². The van der Waals surface area contributed by atoms with Crippen molar-refractivity contribution in [1.29, 1.82) is 0 Å². The van der Waals surface area contributed by atoms with Gasteiger partial charge in [-0.25, -0.2) is 0 Å². The normalized spacial score (nSPS) is 22.7. The molecule has 3 heteroatoms. The quantitative estimate of drug-likeness (QED) is 0.801. The molecule has 0 saturated carbocycles. The lowest BCUT2D eigenvalue weighted by molar-refractivity contribution is -0.118. The summed E-state index contributed by atoms with van der Waals surface area (Å²) in [5, 5.41) is 12.9. The zero-order chi connectivity index (χ0) is 13.1. The van der Waals surface area contributed by atoms with E-state index < -0.39 is 6.10 Å². The van der Waals surface area contributed by atoms with E-state index in [0.29, 0.717) is 12.0 Å². The Balaban J connectivity index is 2.15. The molecule has 0 fully saturated rings. The highest BCUT2D eigenvalue weighted by Crippen LogP contribution is 2.31. The highest BCUT2D eigenvalue weighted by molar-refractivity contribution is 5.93. The zero-order valence-electron chi connectivity index (χ0n) is 10.8. The molecule has 0 aromatic heterocycles. The van der Waals surface area contributed by atoms with Crippen molar-refractivity contribution in [2.75, 3.05) is 0 Å². The minimum Gasteiger partial charge on any atom is -0.390 e. The summed E-state index contributed by atoms with van der Waals surface area (Å²) in [6.07, 6.45) is 2.81. The number of allylic oxidation sites excluding steroid dienone is 1. The van der Waals surface area contributed by atoms with Crippen LogP contribution < -0.4 is 5.32 Å². The number of aliphatic hydroxyl groups is 1. The van der Waals surface area contributed by atoms with Crippen molar-refractivity contribution in [2.24, 2.45) is 0 Å². The van der Waals surface area contributed by atoms with E-state index in [0.717, 1.165) is 17.5 Å². The Morgan fingerprint density at radius 1 is 1.50 bits per heavy atom. The molecule has 0 unspecified atom stereocenters.